The van der Waals surface area contributed by atoms with E-state index in [1.807, 2.05) is 56.3 Å². The van der Waals surface area contributed by atoms with Gasteiger partial charge >= 0.3 is 12.4 Å². The number of methoxy groups -OCH3 is 1. The summed E-state index contributed by atoms with van der Waals surface area (Å²) in [7, 11) is 1.65. The van der Waals surface area contributed by atoms with Crippen molar-refractivity contribution in [3.63, 3.8) is 0 Å². The Bertz CT molecular complexity index is 1780. The van der Waals surface area contributed by atoms with Crippen molar-refractivity contribution in [1.29, 1.82) is 0 Å². The second-order valence-corrected chi connectivity index (χ2v) is 12.2. The molecule has 1 aromatic heterocycles. The molecule has 4 aromatic rings. The Balaban J connectivity index is 1.27. The molecular formula is C34H35F3N6O3S. The average Bonchev–Trinajstić information content (AvgIpc) is 3.54. The maximum absolute atomic E-state index is 13.1. The lowest BCUT2D eigenvalue weighted by Gasteiger charge is -2.32. The maximum atomic E-state index is 13.1. The first-order valence-corrected chi connectivity index (χ1v) is 15.9. The van der Waals surface area contributed by atoms with Crippen molar-refractivity contribution in [2.45, 2.75) is 46.4 Å². The number of carbonyl (C=O) groups excluding carboxylic acids is 1. The number of urea groups is 1. The van der Waals surface area contributed by atoms with Gasteiger partial charge < -0.3 is 19.7 Å². The summed E-state index contributed by atoms with van der Waals surface area (Å²) in [5, 5.41) is 8.05. The van der Waals surface area contributed by atoms with E-state index in [1.54, 1.807) is 18.9 Å². The van der Waals surface area contributed by atoms with Crippen LogP contribution in [-0.4, -0.2) is 51.7 Å². The molecule has 9 nitrogen and oxygen atoms in total. The molecule has 1 fully saturated rings. The van der Waals surface area contributed by atoms with Gasteiger partial charge in [0, 0.05) is 29.2 Å². The number of hydrogen-bond acceptors (Lipinski definition) is 6. The van der Waals surface area contributed by atoms with Crippen LogP contribution in [0.3, 0.4) is 0 Å². The zero-order valence-corrected chi connectivity index (χ0v) is 27.4. The number of thioether (sulfide) groups is 1. The number of hydrogen-bond donors (Lipinski definition) is 1. The van der Waals surface area contributed by atoms with Crippen LogP contribution in [0.15, 0.2) is 83.7 Å². The summed E-state index contributed by atoms with van der Waals surface area (Å²) >= 11 is 1.57. The van der Waals surface area contributed by atoms with E-state index < -0.39 is 12.4 Å². The van der Waals surface area contributed by atoms with E-state index in [-0.39, 0.29) is 11.7 Å². The standard InChI is InChI=1S/C34H35F3N6O3S/c1-21(2)29-19-28(45-5)15-16-30(29)42-17-6-18-47-33(42)40-32(44)39-23(4)22(3)24-7-9-25(10-8-24)31-38-20-43(41-31)26-11-13-27(14-12-26)46-34(35,36)37/h7-16,19-21H,6,17-18H2,1-5H3,(H,39,44)/b23-22+,40-33-. The minimum atomic E-state index is -4.76. The van der Waals surface area contributed by atoms with Crippen LogP contribution in [0.5, 0.6) is 11.5 Å². The van der Waals surface area contributed by atoms with E-state index in [9.17, 15) is 18.0 Å². The van der Waals surface area contributed by atoms with Crippen LogP contribution in [-0.2, 0) is 0 Å². The van der Waals surface area contributed by atoms with Crippen molar-refractivity contribution >= 4 is 34.2 Å². The van der Waals surface area contributed by atoms with E-state index in [4.69, 9.17) is 4.74 Å². The van der Waals surface area contributed by atoms with Gasteiger partial charge in [0.2, 0.25) is 0 Å². The molecule has 0 aliphatic carbocycles. The number of aliphatic imine (C=N–C) groups is 1. The number of amides is 2. The first-order valence-electron chi connectivity index (χ1n) is 15.0. The zero-order valence-electron chi connectivity index (χ0n) is 26.6. The average molecular weight is 665 g/mol. The van der Waals surface area contributed by atoms with E-state index in [1.165, 1.54) is 35.3 Å². The Hall–Kier alpha value is -4.78. The maximum Gasteiger partial charge on any atom is 0.573 e. The highest BCUT2D eigenvalue weighted by Gasteiger charge is 2.31. The molecule has 1 N–H and O–H groups in total. The van der Waals surface area contributed by atoms with Crippen LogP contribution < -0.4 is 19.7 Å². The number of anilines is 1. The number of halogens is 3. The Morgan fingerprint density at radius 3 is 2.38 bits per heavy atom. The van der Waals surface area contributed by atoms with E-state index >= 15 is 0 Å². The predicted octanol–water partition coefficient (Wildman–Crippen LogP) is 8.42. The van der Waals surface area contributed by atoms with Crippen LogP contribution in [0.2, 0.25) is 0 Å². The second-order valence-electron chi connectivity index (χ2n) is 11.1. The monoisotopic (exact) mass is 664 g/mol. The summed E-state index contributed by atoms with van der Waals surface area (Å²) in [5.41, 5.74) is 5.87. The van der Waals surface area contributed by atoms with Crippen molar-refractivity contribution in [2.75, 3.05) is 24.3 Å². The number of ether oxygens (including phenoxy) is 2. The number of allylic oxidation sites excluding steroid dienone is 2. The summed E-state index contributed by atoms with van der Waals surface area (Å²) in [6.07, 6.45) is -2.29. The summed E-state index contributed by atoms with van der Waals surface area (Å²) in [6.45, 7) is 8.79. The van der Waals surface area contributed by atoms with Crippen molar-refractivity contribution in [3.8, 4) is 28.6 Å². The number of amidine groups is 1. The molecule has 0 bridgehead atoms. The molecule has 13 heteroatoms. The first-order chi connectivity index (χ1) is 22.4. The summed E-state index contributed by atoms with van der Waals surface area (Å²) in [5.74, 6) is 2.06. The van der Waals surface area contributed by atoms with Crippen LogP contribution in [0, 0.1) is 0 Å². The van der Waals surface area contributed by atoms with Gasteiger partial charge in [-0.2, -0.15) is 4.99 Å². The van der Waals surface area contributed by atoms with Crippen molar-refractivity contribution in [2.24, 2.45) is 4.99 Å². The molecule has 2 heterocycles. The van der Waals surface area contributed by atoms with Gasteiger partial charge in [0.25, 0.3) is 0 Å². The molecule has 5 rings (SSSR count). The van der Waals surface area contributed by atoms with Crippen LogP contribution >= 0.6 is 11.8 Å². The number of benzene rings is 3. The molecule has 1 saturated heterocycles. The Labute approximate surface area is 275 Å². The largest absolute Gasteiger partial charge is 0.573 e. The topological polar surface area (TPSA) is 93.9 Å². The lowest BCUT2D eigenvalue weighted by molar-refractivity contribution is -0.274. The van der Waals surface area contributed by atoms with Gasteiger partial charge in [-0.25, -0.2) is 14.5 Å². The van der Waals surface area contributed by atoms with E-state index in [2.05, 4.69) is 43.9 Å². The van der Waals surface area contributed by atoms with Crippen LogP contribution in [0.4, 0.5) is 23.7 Å². The smallest absolute Gasteiger partial charge is 0.497 e. The van der Waals surface area contributed by atoms with Gasteiger partial charge in [-0.05, 0) is 85.4 Å². The first kappa shape index (κ1) is 33.6. The third-order valence-corrected chi connectivity index (χ3v) is 8.66. The highest BCUT2D eigenvalue weighted by molar-refractivity contribution is 8.14. The number of nitrogens with zero attached hydrogens (tertiary/aromatic N) is 5. The minimum Gasteiger partial charge on any atom is -0.497 e. The van der Waals surface area contributed by atoms with Crippen molar-refractivity contribution < 1.29 is 27.4 Å². The van der Waals surface area contributed by atoms with Gasteiger partial charge in [-0.3, -0.25) is 0 Å². The Morgan fingerprint density at radius 1 is 1.02 bits per heavy atom. The summed E-state index contributed by atoms with van der Waals surface area (Å²) in [6, 6.07) is 18.5. The Morgan fingerprint density at radius 2 is 1.72 bits per heavy atom. The quantitative estimate of drug-likeness (QED) is 0.202. The molecule has 0 spiro atoms. The lowest BCUT2D eigenvalue weighted by Crippen LogP contribution is -2.36. The second kappa shape index (κ2) is 14.3. The minimum absolute atomic E-state index is 0.260. The summed E-state index contributed by atoms with van der Waals surface area (Å²) < 4.78 is 48.2. The van der Waals surface area contributed by atoms with Gasteiger partial charge in [0.15, 0.2) is 11.0 Å². The third kappa shape index (κ3) is 8.33. The molecule has 2 amide bonds. The molecule has 246 valence electrons. The van der Waals surface area contributed by atoms with Gasteiger partial charge in [0.05, 0.1) is 12.8 Å². The summed E-state index contributed by atoms with van der Waals surface area (Å²) in [4.78, 5) is 24.0. The zero-order chi connectivity index (χ0) is 33.7. The highest BCUT2D eigenvalue weighted by Crippen LogP contribution is 2.35. The Kier molecular flexibility index (Phi) is 10.2. The van der Waals surface area contributed by atoms with Gasteiger partial charge in [-0.1, -0.05) is 49.9 Å². The lowest BCUT2D eigenvalue weighted by atomic mass is 10.00. The predicted molar refractivity (Wildman–Crippen MR) is 179 cm³/mol. The molecule has 0 atom stereocenters. The number of nitrogens with one attached hydrogen (secondary N) is 1. The van der Waals surface area contributed by atoms with Crippen molar-refractivity contribution in [1.82, 2.24) is 20.1 Å². The van der Waals surface area contributed by atoms with E-state index in [0.717, 1.165) is 52.4 Å². The molecule has 3 aromatic carbocycles. The molecule has 0 unspecified atom stereocenters. The third-order valence-electron chi connectivity index (χ3n) is 7.59. The molecule has 1 aliphatic rings. The fraction of sp³-hybridized carbons (Fsp3) is 0.294. The number of aromatic nitrogens is 3. The fourth-order valence-corrected chi connectivity index (χ4v) is 5.97. The normalized spacial score (nSPS) is 15.1. The SMILES string of the molecule is COc1ccc(N2CCCS/C2=N\C(=O)N/C(C)=C(\C)c2ccc(-c3ncn(-c4ccc(OC(F)(F)F)cc4)n3)cc2)c(C(C)C)c1. The van der Waals surface area contributed by atoms with Gasteiger partial charge in [0.1, 0.15) is 17.8 Å². The molecule has 1 aliphatic heterocycles. The molecule has 47 heavy (non-hydrogen) atoms. The number of alkyl halides is 3. The number of rotatable bonds is 8. The van der Waals surface area contributed by atoms with Crippen LogP contribution in [0.1, 0.15) is 51.2 Å². The fourth-order valence-electron chi connectivity index (χ4n) is 5.02. The molecule has 0 saturated carbocycles. The van der Waals surface area contributed by atoms with Gasteiger partial charge in [-0.15, -0.1) is 18.3 Å². The number of carbonyl (C=O) groups is 1. The van der Waals surface area contributed by atoms with Crippen molar-refractivity contribution in [3.05, 3.63) is 89.9 Å². The molecular weight excluding hydrogens is 629 g/mol. The van der Waals surface area contributed by atoms with E-state index in [0.29, 0.717) is 22.4 Å². The van der Waals surface area contributed by atoms with Crippen LogP contribution in [0.25, 0.3) is 22.6 Å². The molecule has 0 radical (unpaired) electrons. The highest BCUT2D eigenvalue weighted by atomic mass is 32.2.